The molecule has 0 unspecified atom stereocenters. The molecule has 0 saturated heterocycles. The summed E-state index contributed by atoms with van der Waals surface area (Å²) in [6, 6.07) is 2.82. The molecule has 0 heterocycles. The standard InChI is InChI=1S/C7H5F4NS/c8-4-1-5(12)3-6(2-4)13-7(9,10)11/h1-3H,12H2. The Bertz CT molecular complexity index is 290. The van der Waals surface area contributed by atoms with Crippen LogP contribution in [0, 0.1) is 5.82 Å². The third-order valence-electron chi connectivity index (χ3n) is 1.13. The lowest BCUT2D eigenvalue weighted by Gasteiger charge is -2.05. The summed E-state index contributed by atoms with van der Waals surface area (Å²) >= 11 is -0.391. The van der Waals surface area contributed by atoms with E-state index in [-0.39, 0.29) is 10.6 Å². The number of nitrogens with two attached hydrogens (primary N) is 1. The number of hydrogen-bond acceptors (Lipinski definition) is 2. The second-order valence-electron chi connectivity index (χ2n) is 2.27. The maximum atomic E-state index is 12.5. The van der Waals surface area contributed by atoms with E-state index >= 15 is 0 Å². The van der Waals surface area contributed by atoms with Gasteiger partial charge in [-0.1, -0.05) is 0 Å². The molecule has 1 aromatic carbocycles. The zero-order chi connectivity index (χ0) is 10.1. The minimum atomic E-state index is -4.42. The fourth-order valence-electron chi connectivity index (χ4n) is 0.777. The van der Waals surface area contributed by atoms with Gasteiger partial charge in [0.25, 0.3) is 0 Å². The minimum Gasteiger partial charge on any atom is -0.399 e. The van der Waals surface area contributed by atoms with Crippen LogP contribution in [0.4, 0.5) is 23.2 Å². The Morgan fingerprint density at radius 2 is 1.77 bits per heavy atom. The Kier molecular flexibility index (Phi) is 2.70. The van der Waals surface area contributed by atoms with E-state index in [1.165, 1.54) is 0 Å². The number of halogens is 4. The largest absolute Gasteiger partial charge is 0.446 e. The highest BCUT2D eigenvalue weighted by Crippen LogP contribution is 2.37. The van der Waals surface area contributed by atoms with Crippen molar-refractivity contribution in [2.45, 2.75) is 10.4 Å². The predicted molar refractivity (Wildman–Crippen MR) is 42.7 cm³/mol. The van der Waals surface area contributed by atoms with Crippen LogP contribution in [0.5, 0.6) is 0 Å². The lowest BCUT2D eigenvalue weighted by atomic mass is 10.3. The van der Waals surface area contributed by atoms with Gasteiger partial charge in [0.2, 0.25) is 0 Å². The van der Waals surface area contributed by atoms with E-state index < -0.39 is 23.1 Å². The Balaban J connectivity index is 2.90. The number of rotatable bonds is 1. The molecule has 2 N–H and O–H groups in total. The fourth-order valence-corrected chi connectivity index (χ4v) is 1.41. The van der Waals surface area contributed by atoms with Crippen LogP contribution in [0.25, 0.3) is 0 Å². The average Bonchev–Trinajstić information content (AvgIpc) is 1.78. The van der Waals surface area contributed by atoms with Crippen molar-refractivity contribution in [3.63, 3.8) is 0 Å². The number of anilines is 1. The van der Waals surface area contributed by atoms with Crippen molar-refractivity contribution in [2.24, 2.45) is 0 Å². The van der Waals surface area contributed by atoms with Crippen LogP contribution in [0.3, 0.4) is 0 Å². The molecule has 1 rings (SSSR count). The van der Waals surface area contributed by atoms with Crippen molar-refractivity contribution in [1.29, 1.82) is 0 Å². The Hall–Kier alpha value is -0.910. The van der Waals surface area contributed by atoms with Gasteiger partial charge >= 0.3 is 5.51 Å². The van der Waals surface area contributed by atoms with E-state index in [0.717, 1.165) is 18.2 Å². The smallest absolute Gasteiger partial charge is 0.399 e. The average molecular weight is 211 g/mol. The van der Waals surface area contributed by atoms with Gasteiger partial charge in [0.15, 0.2) is 0 Å². The van der Waals surface area contributed by atoms with Crippen molar-refractivity contribution in [3.8, 4) is 0 Å². The van der Waals surface area contributed by atoms with E-state index in [1.54, 1.807) is 0 Å². The molecule has 0 aromatic heterocycles. The monoisotopic (exact) mass is 211 g/mol. The molecule has 0 atom stereocenters. The van der Waals surface area contributed by atoms with Crippen LogP contribution >= 0.6 is 11.8 Å². The van der Waals surface area contributed by atoms with Crippen LogP contribution in [0.15, 0.2) is 23.1 Å². The second kappa shape index (κ2) is 3.45. The van der Waals surface area contributed by atoms with Gasteiger partial charge < -0.3 is 5.73 Å². The van der Waals surface area contributed by atoms with Crippen LogP contribution in [0.2, 0.25) is 0 Å². The van der Waals surface area contributed by atoms with E-state index in [1.807, 2.05) is 0 Å². The maximum absolute atomic E-state index is 12.5. The molecule has 0 saturated carbocycles. The van der Waals surface area contributed by atoms with Crippen molar-refractivity contribution in [1.82, 2.24) is 0 Å². The summed E-state index contributed by atoms with van der Waals surface area (Å²) in [6.45, 7) is 0. The predicted octanol–water partition coefficient (Wildman–Crippen LogP) is 3.02. The van der Waals surface area contributed by atoms with Crippen LogP contribution in [-0.4, -0.2) is 5.51 Å². The van der Waals surface area contributed by atoms with Gasteiger partial charge in [-0.3, -0.25) is 0 Å². The number of thioether (sulfide) groups is 1. The Labute approximate surface area is 75.9 Å². The van der Waals surface area contributed by atoms with Crippen molar-refractivity contribution in [3.05, 3.63) is 24.0 Å². The van der Waals surface area contributed by atoms with E-state index in [0.29, 0.717) is 0 Å². The number of hydrogen-bond donors (Lipinski definition) is 1. The van der Waals surface area contributed by atoms with Gasteiger partial charge in [0.05, 0.1) is 0 Å². The first-order valence-electron chi connectivity index (χ1n) is 3.18. The van der Waals surface area contributed by atoms with Gasteiger partial charge in [-0.15, -0.1) is 0 Å². The van der Waals surface area contributed by atoms with Gasteiger partial charge in [0, 0.05) is 10.6 Å². The van der Waals surface area contributed by atoms with E-state index in [2.05, 4.69) is 0 Å². The van der Waals surface area contributed by atoms with E-state index in [4.69, 9.17) is 5.73 Å². The molecule has 1 aromatic rings. The molecule has 1 nitrogen and oxygen atoms in total. The number of nitrogen functional groups attached to an aromatic ring is 1. The van der Waals surface area contributed by atoms with Crippen LogP contribution in [-0.2, 0) is 0 Å². The van der Waals surface area contributed by atoms with Gasteiger partial charge in [-0.05, 0) is 30.0 Å². The molecule has 0 aliphatic heterocycles. The first kappa shape index (κ1) is 10.2. The summed E-state index contributed by atoms with van der Waals surface area (Å²) in [7, 11) is 0. The Morgan fingerprint density at radius 1 is 1.15 bits per heavy atom. The fraction of sp³-hybridized carbons (Fsp3) is 0.143. The van der Waals surface area contributed by atoms with Crippen molar-refractivity contribution < 1.29 is 17.6 Å². The molecule has 0 amide bonds. The summed E-state index contributed by atoms with van der Waals surface area (Å²) in [5.41, 5.74) is 0.720. The van der Waals surface area contributed by atoms with Crippen LogP contribution in [0.1, 0.15) is 0 Å². The summed E-state index contributed by atoms with van der Waals surface area (Å²) in [5.74, 6) is -0.772. The SMILES string of the molecule is Nc1cc(F)cc(SC(F)(F)F)c1. The highest BCUT2D eigenvalue weighted by atomic mass is 32.2. The highest BCUT2D eigenvalue weighted by molar-refractivity contribution is 8.00. The molecule has 6 heteroatoms. The zero-order valence-corrected chi connectivity index (χ0v) is 7.05. The van der Waals surface area contributed by atoms with Crippen molar-refractivity contribution in [2.75, 3.05) is 5.73 Å². The first-order chi connectivity index (χ1) is 5.87. The quantitative estimate of drug-likeness (QED) is 0.439. The van der Waals surface area contributed by atoms with Gasteiger partial charge in [-0.25, -0.2) is 4.39 Å². The van der Waals surface area contributed by atoms with E-state index in [9.17, 15) is 17.6 Å². The van der Waals surface area contributed by atoms with Gasteiger partial charge in [0.1, 0.15) is 5.82 Å². The lowest BCUT2D eigenvalue weighted by molar-refractivity contribution is -0.0328. The molecular formula is C7H5F4NS. The molecule has 0 aliphatic rings. The third kappa shape index (κ3) is 3.54. The molecule has 13 heavy (non-hydrogen) atoms. The third-order valence-corrected chi connectivity index (χ3v) is 1.83. The zero-order valence-electron chi connectivity index (χ0n) is 6.23. The normalized spacial score (nSPS) is 11.7. The maximum Gasteiger partial charge on any atom is 0.446 e. The Morgan fingerprint density at radius 3 is 2.23 bits per heavy atom. The lowest BCUT2D eigenvalue weighted by Crippen LogP contribution is -1.99. The second-order valence-corrected chi connectivity index (χ2v) is 3.41. The number of benzene rings is 1. The van der Waals surface area contributed by atoms with Crippen LogP contribution < -0.4 is 5.73 Å². The molecule has 0 aliphatic carbocycles. The topological polar surface area (TPSA) is 26.0 Å². The molecule has 0 radical (unpaired) electrons. The molecular weight excluding hydrogens is 206 g/mol. The van der Waals surface area contributed by atoms with Gasteiger partial charge in [-0.2, -0.15) is 13.2 Å². The first-order valence-corrected chi connectivity index (χ1v) is 4.00. The molecule has 0 fully saturated rings. The molecule has 0 spiro atoms. The van der Waals surface area contributed by atoms with Crippen molar-refractivity contribution >= 4 is 17.4 Å². The molecule has 0 bridgehead atoms. The summed E-state index contributed by atoms with van der Waals surface area (Å²) in [6.07, 6.45) is 0. The summed E-state index contributed by atoms with van der Waals surface area (Å²) in [4.78, 5) is -0.245. The summed E-state index contributed by atoms with van der Waals surface area (Å²) < 4.78 is 48.0. The molecule has 72 valence electrons. The minimum absolute atomic E-state index is 0.0215. The highest BCUT2D eigenvalue weighted by Gasteiger charge is 2.29. The summed E-state index contributed by atoms with van der Waals surface area (Å²) in [5, 5.41) is 0. The number of alkyl halides is 3.